The molecular weight excluding hydrogens is 270 g/mol. The predicted molar refractivity (Wildman–Crippen MR) is 86.0 cm³/mol. The molecule has 1 N–H and O–H groups in total. The number of hydrogen-bond donors (Lipinski definition) is 1. The SMILES string of the molecule is CCCNC(c1cc(C)c(C)cc1C)C(C)S(C)(=O)=O. The highest BCUT2D eigenvalue weighted by atomic mass is 32.2. The zero-order valence-corrected chi connectivity index (χ0v) is 14.3. The fraction of sp³-hybridized carbons (Fsp3) is 0.625. The van der Waals surface area contributed by atoms with Crippen molar-refractivity contribution in [3.05, 3.63) is 34.4 Å². The Balaban J connectivity index is 3.27. The van der Waals surface area contributed by atoms with Gasteiger partial charge >= 0.3 is 0 Å². The van der Waals surface area contributed by atoms with E-state index < -0.39 is 15.1 Å². The predicted octanol–water partition coefficient (Wildman–Crippen LogP) is 3.09. The van der Waals surface area contributed by atoms with Crippen molar-refractivity contribution in [2.45, 2.75) is 52.3 Å². The molecule has 0 aromatic heterocycles. The highest BCUT2D eigenvalue weighted by Gasteiger charge is 2.28. The Hall–Kier alpha value is -0.870. The molecular formula is C16H27NO2S. The molecule has 0 aliphatic carbocycles. The summed E-state index contributed by atoms with van der Waals surface area (Å²) in [4.78, 5) is 0. The maximum absolute atomic E-state index is 11.9. The highest BCUT2D eigenvalue weighted by Crippen LogP contribution is 2.27. The molecule has 4 heteroatoms. The van der Waals surface area contributed by atoms with Crippen molar-refractivity contribution < 1.29 is 8.42 Å². The van der Waals surface area contributed by atoms with E-state index in [0.717, 1.165) is 24.1 Å². The van der Waals surface area contributed by atoms with Crippen molar-refractivity contribution in [2.75, 3.05) is 12.8 Å². The summed E-state index contributed by atoms with van der Waals surface area (Å²) < 4.78 is 23.9. The van der Waals surface area contributed by atoms with Crippen LogP contribution in [0.4, 0.5) is 0 Å². The first-order chi connectivity index (χ1) is 9.18. The summed E-state index contributed by atoms with van der Waals surface area (Å²) in [5, 5.41) is 2.97. The van der Waals surface area contributed by atoms with Crippen LogP contribution in [0.15, 0.2) is 12.1 Å². The van der Waals surface area contributed by atoms with Crippen LogP contribution in [0.1, 0.15) is 48.6 Å². The summed E-state index contributed by atoms with van der Waals surface area (Å²) >= 11 is 0. The van der Waals surface area contributed by atoms with Gasteiger partial charge in [-0.1, -0.05) is 19.1 Å². The number of rotatable bonds is 6. The lowest BCUT2D eigenvalue weighted by atomic mass is 9.94. The third-order valence-corrected chi connectivity index (χ3v) is 5.60. The van der Waals surface area contributed by atoms with E-state index in [1.165, 1.54) is 17.4 Å². The topological polar surface area (TPSA) is 46.2 Å². The highest BCUT2D eigenvalue weighted by molar-refractivity contribution is 7.91. The molecule has 0 bridgehead atoms. The first-order valence-corrected chi connectivity index (χ1v) is 9.14. The van der Waals surface area contributed by atoms with Crippen molar-refractivity contribution >= 4 is 9.84 Å². The Labute approximate surface area is 123 Å². The normalized spacial score (nSPS) is 15.1. The van der Waals surface area contributed by atoms with Crippen LogP contribution >= 0.6 is 0 Å². The molecule has 2 atom stereocenters. The Morgan fingerprint density at radius 2 is 1.65 bits per heavy atom. The van der Waals surface area contributed by atoms with Crippen LogP contribution in [0.2, 0.25) is 0 Å². The molecule has 1 rings (SSSR count). The van der Waals surface area contributed by atoms with Crippen molar-refractivity contribution in [2.24, 2.45) is 0 Å². The maximum atomic E-state index is 11.9. The van der Waals surface area contributed by atoms with Gasteiger partial charge in [-0.15, -0.1) is 0 Å². The quantitative estimate of drug-likeness (QED) is 0.877. The van der Waals surface area contributed by atoms with Gasteiger partial charge in [-0.25, -0.2) is 8.42 Å². The van der Waals surface area contributed by atoms with Gasteiger partial charge in [0.1, 0.15) is 0 Å². The largest absolute Gasteiger partial charge is 0.309 e. The third kappa shape index (κ3) is 4.06. The van der Waals surface area contributed by atoms with Gasteiger partial charge in [-0.05, 0) is 62.9 Å². The smallest absolute Gasteiger partial charge is 0.151 e. The molecule has 3 nitrogen and oxygen atoms in total. The minimum absolute atomic E-state index is 0.149. The molecule has 1 aromatic rings. The van der Waals surface area contributed by atoms with E-state index in [0.29, 0.717) is 0 Å². The van der Waals surface area contributed by atoms with Crippen LogP contribution in [0.3, 0.4) is 0 Å². The van der Waals surface area contributed by atoms with Crippen LogP contribution in [-0.4, -0.2) is 26.5 Å². The number of hydrogen-bond acceptors (Lipinski definition) is 3. The number of aryl methyl sites for hydroxylation is 3. The molecule has 0 aliphatic heterocycles. The monoisotopic (exact) mass is 297 g/mol. The first kappa shape index (κ1) is 17.2. The van der Waals surface area contributed by atoms with Gasteiger partial charge < -0.3 is 5.32 Å². The molecule has 0 spiro atoms. The zero-order chi connectivity index (χ0) is 15.5. The maximum Gasteiger partial charge on any atom is 0.151 e. The van der Waals surface area contributed by atoms with Crippen molar-refractivity contribution in [1.29, 1.82) is 0 Å². The second kappa shape index (κ2) is 6.72. The third-order valence-electron chi connectivity index (χ3n) is 3.98. The van der Waals surface area contributed by atoms with Crippen LogP contribution in [0.25, 0.3) is 0 Å². The number of nitrogens with one attached hydrogen (secondary N) is 1. The molecule has 0 saturated carbocycles. The molecule has 2 unspecified atom stereocenters. The standard InChI is InChI=1S/C16H27NO2S/c1-7-8-17-16(14(5)20(6,18)19)15-10-12(3)11(2)9-13(15)4/h9-10,14,16-17H,7-8H2,1-6H3. The van der Waals surface area contributed by atoms with Gasteiger partial charge in [0.15, 0.2) is 9.84 Å². The minimum Gasteiger partial charge on any atom is -0.309 e. The summed E-state index contributed by atoms with van der Waals surface area (Å²) in [5.74, 6) is 0. The van der Waals surface area contributed by atoms with Crippen molar-refractivity contribution in [3.8, 4) is 0 Å². The van der Waals surface area contributed by atoms with E-state index in [1.807, 2.05) is 0 Å². The van der Waals surface area contributed by atoms with E-state index in [1.54, 1.807) is 6.92 Å². The lowest BCUT2D eigenvalue weighted by Gasteiger charge is -2.26. The van der Waals surface area contributed by atoms with Crippen molar-refractivity contribution in [1.82, 2.24) is 5.32 Å². The van der Waals surface area contributed by atoms with E-state index in [4.69, 9.17) is 0 Å². The van der Waals surface area contributed by atoms with E-state index in [2.05, 4.69) is 45.1 Å². The molecule has 114 valence electrons. The molecule has 1 aromatic carbocycles. The van der Waals surface area contributed by atoms with E-state index in [-0.39, 0.29) is 6.04 Å². The molecule has 20 heavy (non-hydrogen) atoms. The van der Waals surface area contributed by atoms with E-state index in [9.17, 15) is 8.42 Å². The van der Waals surface area contributed by atoms with Crippen LogP contribution < -0.4 is 5.32 Å². The van der Waals surface area contributed by atoms with Crippen LogP contribution in [0, 0.1) is 20.8 Å². The Morgan fingerprint density at radius 3 is 2.15 bits per heavy atom. The average molecular weight is 297 g/mol. The van der Waals surface area contributed by atoms with Crippen molar-refractivity contribution in [3.63, 3.8) is 0 Å². The minimum atomic E-state index is -3.08. The molecule has 0 saturated heterocycles. The van der Waals surface area contributed by atoms with Crippen LogP contribution in [-0.2, 0) is 9.84 Å². The summed E-state index contributed by atoms with van der Waals surface area (Å²) in [6, 6.07) is 4.12. The molecule has 0 fully saturated rings. The van der Waals surface area contributed by atoms with Crippen LogP contribution in [0.5, 0.6) is 0 Å². The molecule has 0 aliphatic rings. The van der Waals surface area contributed by atoms with Gasteiger partial charge in [0.2, 0.25) is 0 Å². The summed E-state index contributed by atoms with van der Waals surface area (Å²) in [6.07, 6.45) is 2.30. The Morgan fingerprint density at radius 1 is 1.10 bits per heavy atom. The van der Waals surface area contributed by atoms with Gasteiger partial charge in [0, 0.05) is 12.3 Å². The molecule has 0 amide bonds. The lowest BCUT2D eigenvalue weighted by molar-refractivity contribution is 0.498. The first-order valence-electron chi connectivity index (χ1n) is 7.18. The lowest BCUT2D eigenvalue weighted by Crippen LogP contribution is -2.36. The van der Waals surface area contributed by atoms with Gasteiger partial charge in [-0.3, -0.25) is 0 Å². The Bertz CT molecular complexity index is 564. The van der Waals surface area contributed by atoms with Gasteiger partial charge in [0.05, 0.1) is 5.25 Å². The average Bonchev–Trinajstić information content (AvgIpc) is 2.34. The summed E-state index contributed by atoms with van der Waals surface area (Å²) in [5.41, 5.74) is 4.69. The summed E-state index contributed by atoms with van der Waals surface area (Å²) in [7, 11) is -3.08. The fourth-order valence-corrected chi connectivity index (χ4v) is 3.13. The van der Waals surface area contributed by atoms with Gasteiger partial charge in [0.25, 0.3) is 0 Å². The summed E-state index contributed by atoms with van der Waals surface area (Å²) in [6.45, 7) is 10.9. The van der Waals surface area contributed by atoms with E-state index >= 15 is 0 Å². The zero-order valence-electron chi connectivity index (χ0n) is 13.4. The second-order valence-corrected chi connectivity index (χ2v) is 8.16. The second-order valence-electron chi connectivity index (χ2n) is 5.76. The number of benzene rings is 1. The Kier molecular flexibility index (Phi) is 5.78. The molecule has 0 radical (unpaired) electrons. The number of sulfone groups is 1. The van der Waals surface area contributed by atoms with Gasteiger partial charge in [-0.2, -0.15) is 0 Å². The fourth-order valence-electron chi connectivity index (χ4n) is 2.39. The molecule has 0 heterocycles.